The van der Waals surface area contributed by atoms with E-state index in [1.165, 1.54) is 5.56 Å². The minimum Gasteiger partial charge on any atom is -0.325 e. The van der Waals surface area contributed by atoms with Gasteiger partial charge in [0.05, 0.1) is 17.1 Å². The molecule has 2 atom stereocenters. The summed E-state index contributed by atoms with van der Waals surface area (Å²) in [7, 11) is 0. The van der Waals surface area contributed by atoms with Crippen molar-refractivity contribution in [1.29, 1.82) is 0 Å². The maximum absolute atomic E-state index is 12.7. The van der Waals surface area contributed by atoms with Gasteiger partial charge < -0.3 is 15.3 Å². The third-order valence-electron chi connectivity index (χ3n) is 4.88. The zero-order valence-corrected chi connectivity index (χ0v) is 14.7. The highest BCUT2D eigenvalue weighted by molar-refractivity contribution is 7.07. The molecule has 1 aromatic carbocycles. The molecule has 3 heterocycles. The van der Waals surface area contributed by atoms with Crippen molar-refractivity contribution in [3.05, 3.63) is 51.1 Å². The number of H-pyrrole nitrogens is 2. The van der Waals surface area contributed by atoms with Gasteiger partial charge in [0.1, 0.15) is 0 Å². The predicted octanol–water partition coefficient (Wildman–Crippen LogP) is 3.08. The molecule has 1 saturated heterocycles. The van der Waals surface area contributed by atoms with Crippen LogP contribution in [0.15, 0.2) is 39.8 Å². The van der Waals surface area contributed by atoms with Crippen LogP contribution in [0, 0.1) is 0 Å². The van der Waals surface area contributed by atoms with Gasteiger partial charge in [0.2, 0.25) is 5.91 Å². The Balaban J connectivity index is 1.50. The van der Waals surface area contributed by atoms with Gasteiger partial charge in [-0.3, -0.25) is 9.69 Å². The lowest BCUT2D eigenvalue weighted by atomic mass is 10.1. The van der Waals surface area contributed by atoms with Gasteiger partial charge in [0.25, 0.3) is 0 Å². The molecule has 0 spiro atoms. The number of fused-ring (bicyclic) bond motifs is 1. The van der Waals surface area contributed by atoms with E-state index in [-0.39, 0.29) is 17.6 Å². The Kier molecular flexibility index (Phi) is 4.19. The topological polar surface area (TPSA) is 81.0 Å². The number of amides is 1. The van der Waals surface area contributed by atoms with Crippen molar-refractivity contribution in [2.24, 2.45) is 0 Å². The Bertz CT molecular complexity index is 944. The number of hydrogen-bond donors (Lipinski definition) is 3. The van der Waals surface area contributed by atoms with Gasteiger partial charge in [0.15, 0.2) is 0 Å². The number of nitrogens with one attached hydrogen (secondary N) is 3. The average Bonchev–Trinajstić information content (AvgIpc) is 3.32. The average molecular weight is 356 g/mol. The lowest BCUT2D eigenvalue weighted by Gasteiger charge is -2.29. The molecule has 25 heavy (non-hydrogen) atoms. The van der Waals surface area contributed by atoms with Crippen LogP contribution in [0.1, 0.15) is 31.4 Å². The summed E-state index contributed by atoms with van der Waals surface area (Å²) in [5.41, 5.74) is 3.16. The highest BCUT2D eigenvalue weighted by Crippen LogP contribution is 2.34. The molecule has 0 radical (unpaired) electrons. The molecule has 0 unspecified atom stereocenters. The van der Waals surface area contributed by atoms with E-state index in [1.807, 2.05) is 6.92 Å². The number of carbonyl (C=O) groups is 1. The van der Waals surface area contributed by atoms with Crippen LogP contribution < -0.4 is 11.0 Å². The summed E-state index contributed by atoms with van der Waals surface area (Å²) in [6.45, 7) is 2.88. The van der Waals surface area contributed by atoms with Crippen LogP contribution in [-0.2, 0) is 4.79 Å². The van der Waals surface area contributed by atoms with Gasteiger partial charge in [-0.15, -0.1) is 0 Å². The SMILES string of the molecule is C[C@H](C(=O)Nc1ccc2[nH]c(=O)[nH]c2c1)N1CCC[C@@H]1c1ccsc1. The smallest absolute Gasteiger partial charge is 0.323 e. The fourth-order valence-electron chi connectivity index (χ4n) is 3.58. The highest BCUT2D eigenvalue weighted by Gasteiger charge is 2.33. The molecule has 6 nitrogen and oxygen atoms in total. The zero-order chi connectivity index (χ0) is 17.4. The van der Waals surface area contributed by atoms with Gasteiger partial charge in [-0.05, 0) is 66.9 Å². The Hall–Kier alpha value is -2.38. The summed E-state index contributed by atoms with van der Waals surface area (Å²) in [5, 5.41) is 7.23. The molecular formula is C18H20N4O2S. The number of aromatic nitrogens is 2. The largest absolute Gasteiger partial charge is 0.325 e. The molecule has 0 saturated carbocycles. The minimum atomic E-state index is -0.248. The molecule has 1 amide bonds. The van der Waals surface area contributed by atoms with E-state index in [4.69, 9.17) is 0 Å². The molecule has 1 aliphatic heterocycles. The molecule has 0 aliphatic carbocycles. The second-order valence-electron chi connectivity index (χ2n) is 6.46. The fourth-order valence-corrected chi connectivity index (χ4v) is 4.29. The van der Waals surface area contributed by atoms with E-state index in [2.05, 4.69) is 37.0 Å². The second kappa shape index (κ2) is 6.50. The van der Waals surface area contributed by atoms with E-state index in [0.717, 1.165) is 24.9 Å². The molecule has 130 valence electrons. The molecule has 1 aliphatic rings. The van der Waals surface area contributed by atoms with Crippen LogP contribution in [0.2, 0.25) is 0 Å². The lowest BCUT2D eigenvalue weighted by molar-refractivity contribution is -0.121. The minimum absolute atomic E-state index is 0.0284. The number of anilines is 1. The number of nitrogens with zero attached hydrogens (tertiary/aromatic N) is 1. The molecular weight excluding hydrogens is 336 g/mol. The van der Waals surface area contributed by atoms with Crippen LogP contribution in [-0.4, -0.2) is 33.4 Å². The lowest BCUT2D eigenvalue weighted by Crippen LogP contribution is -2.41. The summed E-state index contributed by atoms with van der Waals surface area (Å²) in [6.07, 6.45) is 2.19. The number of imidazole rings is 1. The van der Waals surface area contributed by atoms with Crippen LogP contribution in [0.25, 0.3) is 11.0 Å². The number of benzene rings is 1. The normalized spacial score (nSPS) is 19.3. The van der Waals surface area contributed by atoms with E-state index >= 15 is 0 Å². The summed E-state index contributed by atoms with van der Waals surface area (Å²) >= 11 is 1.70. The zero-order valence-electron chi connectivity index (χ0n) is 13.9. The van der Waals surface area contributed by atoms with Crippen LogP contribution >= 0.6 is 11.3 Å². The second-order valence-corrected chi connectivity index (χ2v) is 7.24. The Morgan fingerprint density at radius 2 is 2.16 bits per heavy atom. The Morgan fingerprint density at radius 3 is 2.96 bits per heavy atom. The number of likely N-dealkylation sites (tertiary alicyclic amines) is 1. The van der Waals surface area contributed by atoms with E-state index in [1.54, 1.807) is 29.5 Å². The first-order valence-corrected chi connectivity index (χ1v) is 9.37. The van der Waals surface area contributed by atoms with E-state index < -0.39 is 0 Å². The van der Waals surface area contributed by atoms with Crippen molar-refractivity contribution in [2.75, 3.05) is 11.9 Å². The molecule has 7 heteroatoms. The van der Waals surface area contributed by atoms with Gasteiger partial charge in [-0.1, -0.05) is 0 Å². The maximum atomic E-state index is 12.7. The van der Waals surface area contributed by atoms with Crippen molar-refractivity contribution in [3.63, 3.8) is 0 Å². The molecule has 0 bridgehead atoms. The van der Waals surface area contributed by atoms with Crippen molar-refractivity contribution in [3.8, 4) is 0 Å². The van der Waals surface area contributed by atoms with E-state index in [9.17, 15) is 9.59 Å². The number of hydrogen-bond acceptors (Lipinski definition) is 4. The third kappa shape index (κ3) is 3.12. The molecule has 3 N–H and O–H groups in total. The van der Waals surface area contributed by atoms with Gasteiger partial charge in [-0.2, -0.15) is 11.3 Å². The summed E-state index contributed by atoms with van der Waals surface area (Å²) in [4.78, 5) is 31.8. The van der Waals surface area contributed by atoms with Crippen LogP contribution in [0.4, 0.5) is 5.69 Å². The van der Waals surface area contributed by atoms with Gasteiger partial charge >= 0.3 is 5.69 Å². The first-order chi connectivity index (χ1) is 12.1. The fraction of sp³-hybridized carbons (Fsp3) is 0.333. The van der Waals surface area contributed by atoms with Crippen LogP contribution in [0.3, 0.4) is 0 Å². The van der Waals surface area contributed by atoms with Gasteiger partial charge in [-0.25, -0.2) is 4.79 Å². The standard InChI is InChI=1S/C18H20N4O2S/c1-11(22-7-2-3-16(22)12-6-8-25-10-12)17(23)19-13-4-5-14-15(9-13)21-18(24)20-14/h4-6,8-11,16H,2-3,7H2,1H3,(H,19,23)(H2,20,21,24)/t11-,16-/m1/s1. The summed E-state index contributed by atoms with van der Waals surface area (Å²) < 4.78 is 0. The van der Waals surface area contributed by atoms with Crippen LogP contribution in [0.5, 0.6) is 0 Å². The molecule has 3 aromatic rings. The number of rotatable bonds is 4. The van der Waals surface area contributed by atoms with Crippen molar-refractivity contribution in [1.82, 2.24) is 14.9 Å². The highest BCUT2D eigenvalue weighted by atomic mass is 32.1. The van der Waals surface area contributed by atoms with E-state index in [0.29, 0.717) is 17.2 Å². The summed E-state index contributed by atoms with van der Waals surface area (Å²) in [5.74, 6) is -0.0284. The Morgan fingerprint density at radius 1 is 1.32 bits per heavy atom. The number of aromatic amines is 2. The third-order valence-corrected chi connectivity index (χ3v) is 5.58. The predicted molar refractivity (Wildman–Crippen MR) is 100 cm³/mol. The first kappa shape index (κ1) is 16.1. The summed E-state index contributed by atoms with van der Waals surface area (Å²) in [6, 6.07) is 7.62. The first-order valence-electron chi connectivity index (χ1n) is 8.42. The number of thiophene rings is 1. The van der Waals surface area contributed by atoms with Crippen molar-refractivity contribution in [2.45, 2.75) is 31.8 Å². The maximum Gasteiger partial charge on any atom is 0.323 e. The molecule has 1 fully saturated rings. The molecule has 4 rings (SSSR count). The monoisotopic (exact) mass is 356 g/mol. The quantitative estimate of drug-likeness (QED) is 0.672. The Labute approximate surface area is 148 Å². The molecule has 2 aromatic heterocycles. The van der Waals surface area contributed by atoms with Gasteiger partial charge in [0, 0.05) is 11.7 Å². The van der Waals surface area contributed by atoms with Crippen molar-refractivity contribution >= 4 is 34.0 Å². The van der Waals surface area contributed by atoms with Crippen molar-refractivity contribution < 1.29 is 4.79 Å². The number of carbonyl (C=O) groups excluding carboxylic acids is 1.